The van der Waals surface area contributed by atoms with Crippen molar-refractivity contribution < 1.29 is 18.0 Å². The van der Waals surface area contributed by atoms with Gasteiger partial charge in [0.25, 0.3) is 5.56 Å². The zero-order chi connectivity index (χ0) is 33.3. The topological polar surface area (TPSA) is 108 Å². The van der Waals surface area contributed by atoms with E-state index in [0.29, 0.717) is 42.1 Å². The summed E-state index contributed by atoms with van der Waals surface area (Å²) in [7, 11) is 0. The second-order valence-electron chi connectivity index (χ2n) is 12.0. The van der Waals surface area contributed by atoms with E-state index in [2.05, 4.69) is 27.5 Å². The minimum absolute atomic E-state index is 0.0335. The summed E-state index contributed by atoms with van der Waals surface area (Å²) in [5, 5.41) is 10.3. The third kappa shape index (κ3) is 6.55. The summed E-state index contributed by atoms with van der Waals surface area (Å²) in [6.07, 6.45) is 0.981. The van der Waals surface area contributed by atoms with Gasteiger partial charge in [-0.2, -0.15) is 13.2 Å². The lowest BCUT2D eigenvalue weighted by Gasteiger charge is -2.33. The standard InChI is InChI=1S/C34H31ClF3N7O2/c1-21-7-6-10-29(27-15-23(13-14-39-27)33(2,19-40-32(21)47)22-8-4-3-5-9-22)44-20-41-26(17-31(44)46)25-16-24(35)11-12-28(25)45-18-30(42-43-45)34(36,37)38/h3-5,8-9,11-18,20-21,29H,6-7,10,19H2,1-2H3,(H,40,47)/t21?,29-,33?/m0/s1. The first kappa shape index (κ1) is 32.1. The van der Waals surface area contributed by atoms with Crippen LogP contribution in [0.4, 0.5) is 13.2 Å². The number of carbonyl (C=O) groups is 1. The fraction of sp³-hybridized carbons (Fsp3) is 0.294. The molecule has 3 atom stereocenters. The number of rotatable bonds is 4. The predicted molar refractivity (Wildman–Crippen MR) is 170 cm³/mol. The maximum atomic E-state index is 13.8. The number of hydrogen-bond acceptors (Lipinski definition) is 6. The highest BCUT2D eigenvalue weighted by Gasteiger charge is 2.35. The minimum Gasteiger partial charge on any atom is -0.355 e. The number of nitrogens with zero attached hydrogens (tertiary/aromatic N) is 6. The Morgan fingerprint density at radius 1 is 0.979 bits per heavy atom. The van der Waals surface area contributed by atoms with Crippen molar-refractivity contribution in [2.75, 3.05) is 6.54 Å². The van der Waals surface area contributed by atoms with E-state index in [1.54, 1.807) is 6.20 Å². The lowest BCUT2D eigenvalue weighted by atomic mass is 9.75. The maximum Gasteiger partial charge on any atom is 0.436 e. The number of nitrogens with one attached hydrogen (secondary N) is 1. The second kappa shape index (κ2) is 12.7. The zero-order valence-corrected chi connectivity index (χ0v) is 26.3. The molecule has 242 valence electrons. The average molecular weight is 662 g/mol. The van der Waals surface area contributed by atoms with E-state index in [9.17, 15) is 22.8 Å². The molecule has 2 unspecified atom stereocenters. The van der Waals surface area contributed by atoms with E-state index in [-0.39, 0.29) is 23.2 Å². The van der Waals surface area contributed by atoms with Crippen molar-refractivity contribution in [2.45, 2.75) is 50.7 Å². The molecule has 0 aliphatic carbocycles. The van der Waals surface area contributed by atoms with Crippen LogP contribution in [0.5, 0.6) is 0 Å². The first-order valence-corrected chi connectivity index (χ1v) is 15.5. The van der Waals surface area contributed by atoms with Crippen LogP contribution in [0.25, 0.3) is 16.9 Å². The molecule has 0 spiro atoms. The molecule has 0 radical (unpaired) electrons. The van der Waals surface area contributed by atoms with Gasteiger partial charge >= 0.3 is 6.18 Å². The Labute approximate surface area is 273 Å². The number of halogens is 4. The van der Waals surface area contributed by atoms with E-state index in [4.69, 9.17) is 16.6 Å². The summed E-state index contributed by atoms with van der Waals surface area (Å²) in [5.74, 6) is -0.275. The quantitative estimate of drug-likeness (QED) is 0.239. The van der Waals surface area contributed by atoms with Crippen LogP contribution in [0, 0.1) is 5.92 Å². The summed E-state index contributed by atoms with van der Waals surface area (Å²) in [5.41, 5.74) is 1.21. The molecule has 1 N–H and O–H groups in total. The van der Waals surface area contributed by atoms with Gasteiger partial charge < -0.3 is 5.32 Å². The van der Waals surface area contributed by atoms with E-state index in [1.165, 1.54) is 35.2 Å². The first-order valence-electron chi connectivity index (χ1n) is 15.1. The number of fused-ring (bicyclic) bond motifs is 2. The molecule has 6 rings (SSSR count). The number of aromatic nitrogens is 6. The van der Waals surface area contributed by atoms with Gasteiger partial charge in [-0.05, 0) is 61.2 Å². The van der Waals surface area contributed by atoms with Gasteiger partial charge in [-0.3, -0.25) is 19.1 Å². The van der Waals surface area contributed by atoms with Crippen LogP contribution in [0.2, 0.25) is 5.02 Å². The van der Waals surface area contributed by atoms with Crippen LogP contribution < -0.4 is 10.9 Å². The lowest BCUT2D eigenvalue weighted by Crippen LogP contribution is -2.42. The molecule has 3 aromatic heterocycles. The Hall–Kier alpha value is -4.84. The predicted octanol–water partition coefficient (Wildman–Crippen LogP) is 6.39. The molecule has 2 aromatic carbocycles. The van der Waals surface area contributed by atoms with Crippen molar-refractivity contribution in [3.05, 3.63) is 123 Å². The fourth-order valence-corrected chi connectivity index (χ4v) is 6.15. The molecule has 4 heterocycles. The molecular formula is C34H31ClF3N7O2. The smallest absolute Gasteiger partial charge is 0.355 e. The zero-order valence-electron chi connectivity index (χ0n) is 25.6. The second-order valence-corrected chi connectivity index (χ2v) is 12.4. The highest BCUT2D eigenvalue weighted by Crippen LogP contribution is 2.35. The summed E-state index contributed by atoms with van der Waals surface area (Å²) < 4.78 is 42.2. The third-order valence-corrected chi connectivity index (χ3v) is 9.02. The Morgan fingerprint density at radius 2 is 1.77 bits per heavy atom. The number of carbonyl (C=O) groups excluding carboxylic acids is 1. The van der Waals surface area contributed by atoms with Crippen LogP contribution in [-0.2, 0) is 16.4 Å². The third-order valence-electron chi connectivity index (χ3n) is 8.79. The van der Waals surface area contributed by atoms with Crippen LogP contribution in [0.15, 0.2) is 90.2 Å². The van der Waals surface area contributed by atoms with E-state index < -0.39 is 28.9 Å². The molecule has 47 heavy (non-hydrogen) atoms. The molecule has 1 amide bonds. The van der Waals surface area contributed by atoms with Crippen molar-refractivity contribution in [3.63, 3.8) is 0 Å². The van der Waals surface area contributed by atoms with Crippen molar-refractivity contribution in [3.8, 4) is 16.9 Å². The Kier molecular flexibility index (Phi) is 8.71. The van der Waals surface area contributed by atoms with E-state index in [0.717, 1.165) is 22.0 Å². The molecule has 2 bridgehead atoms. The number of benzene rings is 2. The molecule has 13 heteroatoms. The largest absolute Gasteiger partial charge is 0.436 e. The van der Waals surface area contributed by atoms with Gasteiger partial charge in [0.05, 0.1) is 35.6 Å². The van der Waals surface area contributed by atoms with Gasteiger partial charge in [-0.1, -0.05) is 60.5 Å². The fourth-order valence-electron chi connectivity index (χ4n) is 5.98. The Bertz CT molecular complexity index is 1980. The molecule has 9 nitrogen and oxygen atoms in total. The highest BCUT2D eigenvalue weighted by molar-refractivity contribution is 6.31. The molecule has 0 fully saturated rings. The van der Waals surface area contributed by atoms with Gasteiger partial charge in [0.1, 0.15) is 0 Å². The normalized spacial score (nSPS) is 20.6. The van der Waals surface area contributed by atoms with Crippen molar-refractivity contribution in [1.82, 2.24) is 34.8 Å². The van der Waals surface area contributed by atoms with Crippen molar-refractivity contribution in [2.24, 2.45) is 5.92 Å². The molecule has 1 aliphatic heterocycles. The number of hydrogen-bond donors (Lipinski definition) is 1. The van der Waals surface area contributed by atoms with Crippen molar-refractivity contribution in [1.29, 1.82) is 0 Å². The molecule has 5 aromatic rings. The minimum atomic E-state index is -4.68. The Balaban J connectivity index is 1.42. The van der Waals surface area contributed by atoms with Crippen LogP contribution in [0.1, 0.15) is 61.7 Å². The highest BCUT2D eigenvalue weighted by atomic mass is 35.5. The van der Waals surface area contributed by atoms with Crippen molar-refractivity contribution >= 4 is 17.5 Å². The summed E-state index contributed by atoms with van der Waals surface area (Å²) in [4.78, 5) is 36.2. The van der Waals surface area contributed by atoms with E-state index in [1.807, 2.05) is 49.4 Å². The number of pyridine rings is 1. The SMILES string of the molecule is CC1CCC[C@H](n2cnc(-c3cc(Cl)ccc3-n3cc(C(F)(F)F)nn3)cc2=O)c2cc(ccn2)C(C)(c2ccccc2)CNC1=O. The molecular weight excluding hydrogens is 631 g/mol. The Morgan fingerprint density at radius 3 is 2.49 bits per heavy atom. The van der Waals surface area contributed by atoms with Gasteiger partial charge in [-0.15, -0.1) is 5.10 Å². The average Bonchev–Trinajstić information content (AvgIpc) is 3.57. The summed E-state index contributed by atoms with van der Waals surface area (Å²) >= 11 is 6.27. The molecule has 1 aliphatic rings. The summed E-state index contributed by atoms with van der Waals surface area (Å²) in [6.45, 7) is 4.35. The van der Waals surface area contributed by atoms with E-state index >= 15 is 0 Å². The monoisotopic (exact) mass is 661 g/mol. The summed E-state index contributed by atoms with van der Waals surface area (Å²) in [6, 6.07) is 19.1. The number of alkyl halides is 3. The first-order chi connectivity index (χ1) is 22.4. The van der Waals surface area contributed by atoms with Crippen LogP contribution >= 0.6 is 11.6 Å². The molecule has 0 saturated heterocycles. The van der Waals surface area contributed by atoms with Gasteiger partial charge in [0.15, 0.2) is 5.69 Å². The lowest BCUT2D eigenvalue weighted by molar-refractivity contribution is -0.141. The van der Waals surface area contributed by atoms with Crippen LogP contribution in [0.3, 0.4) is 0 Å². The van der Waals surface area contributed by atoms with Crippen LogP contribution in [-0.4, -0.2) is 42.0 Å². The van der Waals surface area contributed by atoms with Gasteiger partial charge in [0.2, 0.25) is 5.91 Å². The molecule has 0 saturated carbocycles. The van der Waals surface area contributed by atoms with Gasteiger partial charge in [0, 0.05) is 40.7 Å². The number of amides is 1. The maximum absolute atomic E-state index is 13.8. The van der Waals surface area contributed by atoms with Gasteiger partial charge in [-0.25, -0.2) is 9.67 Å².